The van der Waals surface area contributed by atoms with Crippen molar-refractivity contribution in [3.05, 3.63) is 105 Å². The highest BCUT2D eigenvalue weighted by Crippen LogP contribution is 2.45. The number of fused-ring (bicyclic) bond motifs is 2. The van der Waals surface area contributed by atoms with Crippen LogP contribution >= 0.6 is 11.6 Å². The van der Waals surface area contributed by atoms with Gasteiger partial charge in [-0.1, -0.05) is 48.6 Å². The predicted molar refractivity (Wildman–Crippen MR) is 109 cm³/mol. The van der Waals surface area contributed by atoms with Crippen molar-refractivity contribution in [2.75, 3.05) is 0 Å². The largest absolute Gasteiger partial charge is 0.407 e. The van der Waals surface area contributed by atoms with Crippen molar-refractivity contribution < 1.29 is 8.83 Å². The van der Waals surface area contributed by atoms with Gasteiger partial charge in [0, 0.05) is 0 Å². The highest BCUT2D eigenvalue weighted by molar-refractivity contribution is 6.25. The van der Waals surface area contributed by atoms with Crippen LogP contribution < -0.4 is 11.3 Å². The summed E-state index contributed by atoms with van der Waals surface area (Å²) in [6.07, 6.45) is 6.88. The van der Waals surface area contributed by atoms with Crippen LogP contribution in [0, 0.1) is 0 Å². The molecule has 0 N–H and O–H groups in total. The normalized spacial score (nSPS) is 21.1. The van der Waals surface area contributed by atoms with E-state index in [1.54, 1.807) is 72.8 Å². The number of aromatic nitrogens is 2. The highest BCUT2D eigenvalue weighted by Gasteiger charge is 2.44. The van der Waals surface area contributed by atoms with E-state index in [0.717, 1.165) is 0 Å². The third kappa shape index (κ3) is 2.80. The molecule has 0 aliphatic heterocycles. The first-order chi connectivity index (χ1) is 14.1. The molecular weight excluding hydrogens is 392 g/mol. The van der Waals surface area contributed by atoms with Crippen LogP contribution in [-0.2, 0) is 4.87 Å². The molecule has 29 heavy (non-hydrogen) atoms. The smallest absolute Gasteiger partial charge is 0.346 e. The second-order valence-electron chi connectivity index (χ2n) is 6.67. The van der Waals surface area contributed by atoms with Crippen LogP contribution in [-0.4, -0.2) is 9.97 Å². The fourth-order valence-electron chi connectivity index (χ4n) is 3.43. The first-order valence-corrected chi connectivity index (χ1v) is 9.29. The average Bonchev–Trinajstić information content (AvgIpc) is 2.74. The van der Waals surface area contributed by atoms with Gasteiger partial charge in [0.2, 0.25) is 11.8 Å². The number of allylic oxidation sites excluding steroid dienone is 4. The first-order valence-electron chi connectivity index (χ1n) is 8.91. The molecule has 0 saturated carbocycles. The molecule has 6 nitrogen and oxygen atoms in total. The van der Waals surface area contributed by atoms with Crippen molar-refractivity contribution in [2.45, 2.75) is 10.8 Å². The average molecular weight is 405 g/mol. The minimum atomic E-state index is -1.39. The molecule has 2 unspecified atom stereocenters. The lowest BCUT2D eigenvalue weighted by atomic mass is 9.86. The molecule has 7 heteroatoms. The van der Waals surface area contributed by atoms with E-state index in [1.165, 1.54) is 0 Å². The van der Waals surface area contributed by atoms with Crippen molar-refractivity contribution in [1.29, 1.82) is 0 Å². The number of alkyl halides is 1. The van der Waals surface area contributed by atoms with Crippen LogP contribution in [0.5, 0.6) is 0 Å². The highest BCUT2D eigenvalue weighted by atomic mass is 35.5. The second kappa shape index (κ2) is 6.53. The lowest BCUT2D eigenvalue weighted by Gasteiger charge is -2.29. The lowest BCUT2D eigenvalue weighted by Crippen LogP contribution is -2.30. The summed E-state index contributed by atoms with van der Waals surface area (Å²) in [7, 11) is 0. The van der Waals surface area contributed by atoms with Gasteiger partial charge < -0.3 is 8.83 Å². The van der Waals surface area contributed by atoms with Gasteiger partial charge in [-0.15, -0.1) is 11.6 Å². The van der Waals surface area contributed by atoms with Crippen LogP contribution in [0.3, 0.4) is 0 Å². The molecule has 1 aliphatic rings. The summed E-state index contributed by atoms with van der Waals surface area (Å²) in [4.78, 5) is 32.5. The van der Waals surface area contributed by atoms with E-state index in [9.17, 15) is 9.59 Å². The molecule has 2 heterocycles. The van der Waals surface area contributed by atoms with Crippen molar-refractivity contribution in [3.63, 3.8) is 0 Å². The molecule has 2 aromatic heterocycles. The van der Waals surface area contributed by atoms with Gasteiger partial charge in [-0.3, -0.25) is 0 Å². The molecule has 1 aliphatic carbocycles. The lowest BCUT2D eigenvalue weighted by molar-refractivity contribution is 0.352. The van der Waals surface area contributed by atoms with Crippen LogP contribution in [0.25, 0.3) is 21.8 Å². The number of para-hydroxylation sites is 2. The number of rotatable bonds is 2. The number of nitrogens with zero attached hydrogens (tertiary/aromatic N) is 2. The van der Waals surface area contributed by atoms with Crippen LogP contribution in [0.2, 0.25) is 0 Å². The van der Waals surface area contributed by atoms with E-state index in [1.807, 2.05) is 0 Å². The van der Waals surface area contributed by atoms with E-state index < -0.39 is 22.0 Å². The van der Waals surface area contributed by atoms with E-state index >= 15 is 0 Å². The zero-order chi connectivity index (χ0) is 20.0. The summed E-state index contributed by atoms with van der Waals surface area (Å²) in [6, 6.07) is 13.7. The molecular formula is C22H13ClN2O4. The van der Waals surface area contributed by atoms with Gasteiger partial charge in [0.15, 0.2) is 4.87 Å². The van der Waals surface area contributed by atoms with Gasteiger partial charge in [-0.05, 0) is 24.3 Å². The fraction of sp³-hybridized carbons (Fsp3) is 0.0909. The Hall–Kier alpha value is -3.51. The van der Waals surface area contributed by atoms with Crippen LogP contribution in [0.1, 0.15) is 17.7 Å². The number of hydrogen-bond donors (Lipinski definition) is 0. The maximum Gasteiger partial charge on any atom is 0.346 e. The molecule has 0 amide bonds. The minimum absolute atomic E-state index is 0.00562. The Morgan fingerprint density at radius 1 is 0.828 bits per heavy atom. The van der Waals surface area contributed by atoms with Gasteiger partial charge in [-0.2, -0.15) is 0 Å². The Kier molecular flexibility index (Phi) is 3.96. The molecule has 2 aromatic carbocycles. The molecule has 0 spiro atoms. The number of benzene rings is 2. The van der Waals surface area contributed by atoms with Crippen molar-refractivity contribution >= 4 is 33.4 Å². The third-order valence-electron chi connectivity index (χ3n) is 4.89. The molecule has 4 aromatic rings. The van der Waals surface area contributed by atoms with E-state index in [4.69, 9.17) is 20.4 Å². The molecule has 0 radical (unpaired) electrons. The maximum atomic E-state index is 12.5. The molecule has 0 fully saturated rings. The molecule has 0 bridgehead atoms. The van der Waals surface area contributed by atoms with Gasteiger partial charge in [0.1, 0.15) is 0 Å². The van der Waals surface area contributed by atoms with Gasteiger partial charge in [0.05, 0.1) is 27.7 Å². The van der Waals surface area contributed by atoms with Crippen LogP contribution in [0.15, 0.2) is 91.3 Å². The molecule has 0 saturated heterocycles. The standard InChI is InChI=1S/C22H13ClN2O4/c23-22(21-25-17-11-4-2-8-14(17)20(27)29-21)12-6-5-9-15(22)18-24-16-10-3-1-7-13(16)19(26)28-18/h1-12,15H. The maximum absolute atomic E-state index is 12.5. The quantitative estimate of drug-likeness (QED) is 0.469. The Labute approximate surface area is 168 Å². The summed E-state index contributed by atoms with van der Waals surface area (Å²) in [6.45, 7) is 0. The van der Waals surface area contributed by atoms with Gasteiger partial charge in [0.25, 0.3) is 0 Å². The first kappa shape index (κ1) is 17.6. The van der Waals surface area contributed by atoms with Crippen molar-refractivity contribution in [2.24, 2.45) is 0 Å². The SMILES string of the molecule is O=c1oc(C2C=CC=CC2(Cl)c2nc3ccccc3c(=O)o2)nc2ccccc12. The van der Waals surface area contributed by atoms with Crippen LogP contribution in [0.4, 0.5) is 0 Å². The summed E-state index contributed by atoms with van der Waals surface area (Å²) in [5.41, 5.74) is -0.0946. The van der Waals surface area contributed by atoms with Crippen molar-refractivity contribution in [1.82, 2.24) is 9.97 Å². The Balaban J connectivity index is 1.72. The summed E-state index contributed by atoms with van der Waals surface area (Å²) >= 11 is 6.94. The summed E-state index contributed by atoms with van der Waals surface area (Å²) < 4.78 is 11.0. The van der Waals surface area contributed by atoms with E-state index in [0.29, 0.717) is 21.8 Å². The zero-order valence-corrected chi connectivity index (χ0v) is 15.7. The van der Waals surface area contributed by atoms with E-state index in [-0.39, 0.29) is 11.8 Å². The summed E-state index contributed by atoms with van der Waals surface area (Å²) in [5, 5.41) is 0.737. The van der Waals surface area contributed by atoms with Gasteiger partial charge >= 0.3 is 11.3 Å². The Morgan fingerprint density at radius 2 is 1.45 bits per heavy atom. The number of hydrogen-bond acceptors (Lipinski definition) is 6. The van der Waals surface area contributed by atoms with Crippen molar-refractivity contribution in [3.8, 4) is 0 Å². The topological polar surface area (TPSA) is 86.2 Å². The predicted octanol–water partition coefficient (Wildman–Crippen LogP) is 4.03. The monoisotopic (exact) mass is 404 g/mol. The fourth-order valence-corrected chi connectivity index (χ4v) is 3.75. The van der Waals surface area contributed by atoms with Gasteiger partial charge in [-0.25, -0.2) is 19.6 Å². The Bertz CT molecular complexity index is 1440. The zero-order valence-electron chi connectivity index (χ0n) is 14.9. The van der Waals surface area contributed by atoms with E-state index in [2.05, 4.69) is 9.97 Å². The molecule has 5 rings (SSSR count). The number of halogens is 1. The third-order valence-corrected chi connectivity index (χ3v) is 5.41. The minimum Gasteiger partial charge on any atom is -0.407 e. The Morgan fingerprint density at radius 3 is 2.17 bits per heavy atom. The molecule has 142 valence electrons. The second-order valence-corrected chi connectivity index (χ2v) is 7.30. The summed E-state index contributed by atoms with van der Waals surface area (Å²) in [5.74, 6) is -0.587. The molecule has 2 atom stereocenters.